The van der Waals surface area contributed by atoms with Gasteiger partial charge in [-0.1, -0.05) is 12.8 Å². The quantitative estimate of drug-likeness (QED) is 0.734. The van der Waals surface area contributed by atoms with Crippen molar-refractivity contribution in [1.29, 1.82) is 0 Å². The highest BCUT2D eigenvalue weighted by atomic mass is 16.3. The first-order chi connectivity index (χ1) is 8.00. The Kier molecular flexibility index (Phi) is 5.92. The lowest BCUT2D eigenvalue weighted by Gasteiger charge is -2.25. The van der Waals surface area contributed by atoms with Crippen molar-refractivity contribution in [2.24, 2.45) is 0 Å². The number of rotatable bonds is 6. The largest absolute Gasteiger partial charge is 0.393 e. The molecule has 4 heteroatoms. The van der Waals surface area contributed by atoms with E-state index >= 15 is 0 Å². The van der Waals surface area contributed by atoms with Crippen LogP contribution in [0.25, 0.3) is 0 Å². The summed E-state index contributed by atoms with van der Waals surface area (Å²) >= 11 is 0. The van der Waals surface area contributed by atoms with Gasteiger partial charge in [0.25, 0.3) is 0 Å². The van der Waals surface area contributed by atoms with E-state index in [1.165, 1.54) is 12.8 Å². The zero-order valence-electron chi connectivity index (χ0n) is 11.3. The Labute approximate surface area is 104 Å². The van der Waals surface area contributed by atoms with Crippen molar-refractivity contribution >= 4 is 5.91 Å². The van der Waals surface area contributed by atoms with E-state index in [4.69, 9.17) is 0 Å². The number of amides is 1. The maximum absolute atomic E-state index is 12.0. The SMILES string of the molecule is CC(O)CCN(C)C(C)C(=O)NC1CCCC1. The summed E-state index contributed by atoms with van der Waals surface area (Å²) in [5, 5.41) is 12.3. The van der Waals surface area contributed by atoms with Crippen LogP contribution in [0.5, 0.6) is 0 Å². The fraction of sp³-hybridized carbons (Fsp3) is 0.923. The Morgan fingerprint density at radius 2 is 2.00 bits per heavy atom. The Morgan fingerprint density at radius 3 is 2.53 bits per heavy atom. The van der Waals surface area contributed by atoms with Crippen molar-refractivity contribution in [3.63, 3.8) is 0 Å². The maximum Gasteiger partial charge on any atom is 0.237 e. The van der Waals surface area contributed by atoms with Crippen LogP contribution in [-0.2, 0) is 4.79 Å². The normalized spacial score (nSPS) is 20.5. The van der Waals surface area contributed by atoms with Crippen LogP contribution >= 0.6 is 0 Å². The van der Waals surface area contributed by atoms with Crippen molar-refractivity contribution < 1.29 is 9.90 Å². The zero-order valence-corrected chi connectivity index (χ0v) is 11.3. The minimum absolute atomic E-state index is 0.116. The Bertz CT molecular complexity index is 238. The lowest BCUT2D eigenvalue weighted by atomic mass is 10.2. The van der Waals surface area contributed by atoms with Crippen molar-refractivity contribution in [3.8, 4) is 0 Å². The first-order valence-electron chi connectivity index (χ1n) is 6.69. The third-order valence-corrected chi connectivity index (χ3v) is 3.64. The monoisotopic (exact) mass is 242 g/mol. The summed E-state index contributed by atoms with van der Waals surface area (Å²) in [6, 6.07) is 0.268. The molecule has 2 N–H and O–H groups in total. The van der Waals surface area contributed by atoms with Gasteiger partial charge in [-0.05, 0) is 40.2 Å². The topological polar surface area (TPSA) is 52.6 Å². The highest BCUT2D eigenvalue weighted by Gasteiger charge is 2.22. The molecule has 1 fully saturated rings. The molecule has 17 heavy (non-hydrogen) atoms. The van der Waals surface area contributed by atoms with Crippen molar-refractivity contribution in [1.82, 2.24) is 10.2 Å². The van der Waals surface area contributed by atoms with Gasteiger partial charge in [0.1, 0.15) is 0 Å². The Morgan fingerprint density at radius 1 is 1.41 bits per heavy atom. The molecule has 2 unspecified atom stereocenters. The molecule has 1 aliphatic carbocycles. The number of carbonyl (C=O) groups excluding carboxylic acids is 1. The molecule has 100 valence electrons. The average Bonchev–Trinajstić information content (AvgIpc) is 2.77. The van der Waals surface area contributed by atoms with Crippen LogP contribution in [0, 0.1) is 0 Å². The summed E-state index contributed by atoms with van der Waals surface area (Å²) in [5.41, 5.74) is 0. The molecule has 0 bridgehead atoms. The van der Waals surface area contributed by atoms with Gasteiger partial charge in [-0.25, -0.2) is 0 Å². The molecular formula is C13H26N2O2. The van der Waals surface area contributed by atoms with Gasteiger partial charge in [-0.15, -0.1) is 0 Å². The van der Waals surface area contributed by atoms with E-state index in [9.17, 15) is 9.90 Å². The third kappa shape index (κ3) is 5.04. The first-order valence-corrected chi connectivity index (χ1v) is 6.69. The van der Waals surface area contributed by atoms with E-state index < -0.39 is 0 Å². The molecular weight excluding hydrogens is 216 g/mol. The number of hydrogen-bond donors (Lipinski definition) is 2. The molecule has 4 nitrogen and oxygen atoms in total. The number of hydrogen-bond acceptors (Lipinski definition) is 3. The average molecular weight is 242 g/mol. The first kappa shape index (κ1) is 14.5. The van der Waals surface area contributed by atoms with Crippen LogP contribution in [0.3, 0.4) is 0 Å². The van der Waals surface area contributed by atoms with Crippen LogP contribution < -0.4 is 5.32 Å². The van der Waals surface area contributed by atoms with E-state index in [-0.39, 0.29) is 18.1 Å². The van der Waals surface area contributed by atoms with Crippen LogP contribution in [0.1, 0.15) is 46.0 Å². The summed E-state index contributed by atoms with van der Waals surface area (Å²) in [4.78, 5) is 14.0. The van der Waals surface area contributed by atoms with Gasteiger partial charge in [-0.3, -0.25) is 9.69 Å². The van der Waals surface area contributed by atoms with Crippen LogP contribution in [0.4, 0.5) is 0 Å². The molecule has 1 amide bonds. The molecule has 0 spiro atoms. The Hall–Kier alpha value is -0.610. The number of aliphatic hydroxyl groups excluding tert-OH is 1. The molecule has 1 saturated carbocycles. The summed E-state index contributed by atoms with van der Waals surface area (Å²) < 4.78 is 0. The number of nitrogens with zero attached hydrogens (tertiary/aromatic N) is 1. The van der Waals surface area contributed by atoms with Gasteiger partial charge in [0.15, 0.2) is 0 Å². The fourth-order valence-corrected chi connectivity index (χ4v) is 2.18. The molecule has 0 aromatic carbocycles. The van der Waals surface area contributed by atoms with Crippen LogP contribution in [0.2, 0.25) is 0 Å². The van der Waals surface area contributed by atoms with Crippen molar-refractivity contribution in [2.45, 2.75) is 64.1 Å². The van der Waals surface area contributed by atoms with E-state index in [2.05, 4.69) is 5.32 Å². The molecule has 1 rings (SSSR count). The third-order valence-electron chi connectivity index (χ3n) is 3.64. The van der Waals surface area contributed by atoms with Gasteiger partial charge in [0.2, 0.25) is 5.91 Å². The predicted octanol–water partition coefficient (Wildman–Crippen LogP) is 1.14. The number of aliphatic hydroxyl groups is 1. The van der Waals surface area contributed by atoms with Crippen molar-refractivity contribution in [3.05, 3.63) is 0 Å². The number of likely N-dealkylation sites (N-methyl/N-ethyl adjacent to an activating group) is 1. The molecule has 0 saturated heterocycles. The standard InChI is InChI=1S/C13H26N2O2/c1-10(16)8-9-15(3)11(2)13(17)14-12-6-4-5-7-12/h10-12,16H,4-9H2,1-3H3,(H,14,17). The minimum Gasteiger partial charge on any atom is -0.393 e. The summed E-state index contributed by atoms with van der Waals surface area (Å²) in [6.45, 7) is 4.44. The number of nitrogens with one attached hydrogen (secondary N) is 1. The molecule has 0 aromatic heterocycles. The lowest BCUT2D eigenvalue weighted by molar-refractivity contribution is -0.126. The second-order valence-corrected chi connectivity index (χ2v) is 5.28. The smallest absolute Gasteiger partial charge is 0.237 e. The highest BCUT2D eigenvalue weighted by molar-refractivity contribution is 5.81. The summed E-state index contributed by atoms with van der Waals surface area (Å²) in [7, 11) is 1.93. The van der Waals surface area contributed by atoms with Gasteiger partial charge in [0, 0.05) is 12.6 Å². The van der Waals surface area contributed by atoms with Crippen LogP contribution in [-0.4, -0.2) is 47.7 Å². The van der Waals surface area contributed by atoms with Crippen molar-refractivity contribution in [2.75, 3.05) is 13.6 Å². The van der Waals surface area contributed by atoms with Gasteiger partial charge < -0.3 is 10.4 Å². The van der Waals surface area contributed by atoms with E-state index in [1.54, 1.807) is 6.92 Å². The second-order valence-electron chi connectivity index (χ2n) is 5.28. The van der Waals surface area contributed by atoms with Gasteiger partial charge in [-0.2, -0.15) is 0 Å². The van der Waals surface area contributed by atoms with E-state index in [1.807, 2.05) is 18.9 Å². The predicted molar refractivity (Wildman–Crippen MR) is 68.8 cm³/mol. The summed E-state index contributed by atoms with van der Waals surface area (Å²) in [6.07, 6.45) is 5.11. The molecule has 0 radical (unpaired) electrons. The molecule has 2 atom stereocenters. The summed E-state index contributed by atoms with van der Waals surface area (Å²) in [5.74, 6) is 0.116. The van der Waals surface area contributed by atoms with Gasteiger partial charge >= 0.3 is 0 Å². The van der Waals surface area contributed by atoms with E-state index in [0.717, 1.165) is 19.4 Å². The Balaban J connectivity index is 2.28. The van der Waals surface area contributed by atoms with E-state index in [0.29, 0.717) is 12.5 Å². The number of carbonyl (C=O) groups is 1. The zero-order chi connectivity index (χ0) is 12.8. The minimum atomic E-state index is -0.303. The molecule has 0 aromatic rings. The molecule has 0 heterocycles. The molecule has 1 aliphatic rings. The maximum atomic E-state index is 12.0. The second kappa shape index (κ2) is 6.97. The lowest BCUT2D eigenvalue weighted by Crippen LogP contribution is -2.46. The molecule has 0 aliphatic heterocycles. The van der Waals surface area contributed by atoms with Gasteiger partial charge in [0.05, 0.1) is 12.1 Å². The fourth-order valence-electron chi connectivity index (χ4n) is 2.18. The highest BCUT2D eigenvalue weighted by Crippen LogP contribution is 2.17. The van der Waals surface area contributed by atoms with Crippen LogP contribution in [0.15, 0.2) is 0 Å².